The number of aromatic nitrogens is 6. The zero-order valence-electron chi connectivity index (χ0n) is 20.3. The second-order valence-corrected chi connectivity index (χ2v) is 9.45. The van der Waals surface area contributed by atoms with E-state index in [-0.39, 0.29) is 11.5 Å². The molecule has 0 amide bonds. The summed E-state index contributed by atoms with van der Waals surface area (Å²) in [4.78, 5) is 36.0. The molecule has 6 rings (SSSR count). The maximum atomic E-state index is 11.6. The molecular weight excluding hydrogens is 476 g/mol. The number of rotatable bonds is 6. The minimum absolute atomic E-state index is 0.236. The first-order valence-corrected chi connectivity index (χ1v) is 12.4. The molecule has 13 heteroatoms. The number of nitrogen functional groups attached to an aromatic ring is 1. The highest BCUT2D eigenvalue weighted by molar-refractivity contribution is 5.94. The predicted molar refractivity (Wildman–Crippen MR) is 135 cm³/mol. The number of nitrogens with two attached hydrogens (primary N) is 1. The number of pyridine rings is 1. The van der Waals surface area contributed by atoms with E-state index in [1.807, 2.05) is 0 Å². The third-order valence-electron chi connectivity index (χ3n) is 7.02. The Morgan fingerprint density at radius 2 is 1.97 bits per heavy atom. The van der Waals surface area contributed by atoms with E-state index in [9.17, 15) is 9.90 Å². The number of hydrogen-bond donors (Lipinski definition) is 2. The first-order valence-electron chi connectivity index (χ1n) is 12.4. The number of anilines is 3. The lowest BCUT2D eigenvalue weighted by atomic mass is 9.97. The molecule has 2 aliphatic rings. The van der Waals surface area contributed by atoms with Gasteiger partial charge in [0.1, 0.15) is 5.56 Å². The molecule has 37 heavy (non-hydrogen) atoms. The van der Waals surface area contributed by atoms with Gasteiger partial charge < -0.3 is 25.1 Å². The van der Waals surface area contributed by atoms with Crippen molar-refractivity contribution in [3.63, 3.8) is 0 Å². The van der Waals surface area contributed by atoms with Crippen molar-refractivity contribution in [1.29, 1.82) is 0 Å². The Bertz CT molecular complexity index is 1400. The summed E-state index contributed by atoms with van der Waals surface area (Å²) in [5.41, 5.74) is 7.19. The van der Waals surface area contributed by atoms with Gasteiger partial charge in [0, 0.05) is 58.2 Å². The van der Waals surface area contributed by atoms with E-state index in [4.69, 9.17) is 10.2 Å². The Morgan fingerprint density at radius 3 is 2.76 bits per heavy atom. The number of carbonyl (C=O) groups is 1. The number of nitrogens with zero attached hydrogens (tertiary/aromatic N) is 9. The van der Waals surface area contributed by atoms with Crippen LogP contribution in [0.15, 0.2) is 41.3 Å². The van der Waals surface area contributed by atoms with E-state index < -0.39 is 5.97 Å². The van der Waals surface area contributed by atoms with Crippen LogP contribution in [0.3, 0.4) is 0 Å². The smallest absolute Gasteiger partial charge is 0.339 e. The molecule has 0 bridgehead atoms. The monoisotopic (exact) mass is 504 g/mol. The second-order valence-electron chi connectivity index (χ2n) is 9.45. The van der Waals surface area contributed by atoms with Crippen LogP contribution in [-0.2, 0) is 0 Å². The van der Waals surface area contributed by atoms with Crippen molar-refractivity contribution in [2.75, 3.05) is 61.3 Å². The molecule has 2 fully saturated rings. The van der Waals surface area contributed by atoms with E-state index in [1.165, 1.54) is 10.7 Å². The molecule has 0 saturated carbocycles. The Hall–Kier alpha value is -4.26. The maximum absolute atomic E-state index is 11.6. The average Bonchev–Trinajstić information content (AvgIpc) is 3.60. The third kappa shape index (κ3) is 4.65. The van der Waals surface area contributed by atoms with Crippen molar-refractivity contribution < 1.29 is 14.3 Å². The van der Waals surface area contributed by atoms with Crippen LogP contribution in [0.5, 0.6) is 0 Å². The van der Waals surface area contributed by atoms with Crippen LogP contribution in [0.2, 0.25) is 0 Å². The SMILES string of the molecule is Nc1nc(N2CCC[C@@H](CN3CCN(c4ccncc4C(=O)O)CC3)C2)nc2nc(-c3ccco3)nn12. The topological polar surface area (TPSA) is 155 Å². The minimum Gasteiger partial charge on any atom is -0.478 e. The largest absolute Gasteiger partial charge is 0.478 e. The fourth-order valence-electron chi connectivity index (χ4n) is 5.21. The van der Waals surface area contributed by atoms with Gasteiger partial charge in [-0.15, -0.1) is 5.10 Å². The van der Waals surface area contributed by atoms with Crippen LogP contribution in [0.1, 0.15) is 23.2 Å². The Kier molecular flexibility index (Phi) is 6.04. The fourth-order valence-corrected chi connectivity index (χ4v) is 5.21. The Labute approximate surface area is 212 Å². The summed E-state index contributed by atoms with van der Waals surface area (Å²) in [6.45, 7) is 5.98. The van der Waals surface area contributed by atoms with Gasteiger partial charge in [0.15, 0.2) is 5.76 Å². The second kappa shape index (κ2) is 9.65. The quantitative estimate of drug-likeness (QED) is 0.391. The van der Waals surface area contributed by atoms with Crippen molar-refractivity contribution in [3.8, 4) is 11.6 Å². The van der Waals surface area contributed by atoms with Crippen LogP contribution in [0.25, 0.3) is 17.4 Å². The average molecular weight is 505 g/mol. The summed E-state index contributed by atoms with van der Waals surface area (Å²) >= 11 is 0. The summed E-state index contributed by atoms with van der Waals surface area (Å²) < 4.78 is 6.83. The molecule has 3 N–H and O–H groups in total. The molecular formula is C24H28N10O3. The number of carboxylic acids is 1. The van der Waals surface area contributed by atoms with Crippen LogP contribution >= 0.6 is 0 Å². The van der Waals surface area contributed by atoms with Gasteiger partial charge in [-0.2, -0.15) is 19.5 Å². The molecule has 4 aromatic rings. The number of hydrogen-bond acceptors (Lipinski definition) is 11. The van der Waals surface area contributed by atoms with Crippen molar-refractivity contribution in [2.45, 2.75) is 12.8 Å². The zero-order valence-corrected chi connectivity index (χ0v) is 20.3. The molecule has 2 aliphatic heterocycles. The highest BCUT2D eigenvalue weighted by Gasteiger charge is 2.27. The fraction of sp³-hybridized carbons (Fsp3) is 0.417. The third-order valence-corrected chi connectivity index (χ3v) is 7.02. The molecule has 13 nitrogen and oxygen atoms in total. The molecule has 4 aromatic heterocycles. The van der Waals surface area contributed by atoms with E-state index in [0.29, 0.717) is 29.2 Å². The van der Waals surface area contributed by atoms with Gasteiger partial charge in [-0.3, -0.25) is 9.88 Å². The van der Waals surface area contributed by atoms with Crippen molar-refractivity contribution in [2.24, 2.45) is 5.92 Å². The molecule has 0 unspecified atom stereocenters. The van der Waals surface area contributed by atoms with Gasteiger partial charge >= 0.3 is 5.97 Å². The summed E-state index contributed by atoms with van der Waals surface area (Å²) in [6, 6.07) is 5.35. The lowest BCUT2D eigenvalue weighted by Gasteiger charge is -2.40. The maximum Gasteiger partial charge on any atom is 0.339 e. The van der Waals surface area contributed by atoms with E-state index in [0.717, 1.165) is 64.3 Å². The zero-order chi connectivity index (χ0) is 25.4. The molecule has 1 atom stereocenters. The molecule has 0 aliphatic carbocycles. The lowest BCUT2D eigenvalue weighted by Crippen LogP contribution is -2.50. The van der Waals surface area contributed by atoms with Gasteiger partial charge in [0.2, 0.25) is 17.7 Å². The van der Waals surface area contributed by atoms with Crippen LogP contribution in [-0.4, -0.2) is 91.3 Å². The standard InChI is InChI=1S/C24H28N10O3/c25-22-28-23(29-24-27-20(30-34(22)24)19-4-2-12-37-19)33-7-1-3-16(15-33)14-31-8-10-32(11-9-31)18-5-6-26-13-17(18)21(35)36/h2,4-6,12-13,16H,1,3,7-11,14-15H2,(H,35,36)(H2,25,27,28,29,30)/t16-/m0/s1. The van der Waals surface area contributed by atoms with Crippen molar-refractivity contribution >= 4 is 29.3 Å². The van der Waals surface area contributed by atoms with Crippen LogP contribution < -0.4 is 15.5 Å². The highest BCUT2D eigenvalue weighted by Crippen LogP contribution is 2.25. The first kappa shape index (κ1) is 23.2. The Morgan fingerprint density at radius 1 is 1.11 bits per heavy atom. The molecule has 0 radical (unpaired) electrons. The van der Waals surface area contributed by atoms with Gasteiger partial charge in [0.05, 0.1) is 12.0 Å². The number of aromatic carboxylic acids is 1. The molecule has 192 valence electrons. The Balaban J connectivity index is 1.10. The lowest BCUT2D eigenvalue weighted by molar-refractivity contribution is 0.0697. The van der Waals surface area contributed by atoms with Gasteiger partial charge in [-0.05, 0) is 37.0 Å². The molecule has 6 heterocycles. The molecule has 2 saturated heterocycles. The van der Waals surface area contributed by atoms with Crippen LogP contribution in [0, 0.1) is 5.92 Å². The number of furan rings is 1. The highest BCUT2D eigenvalue weighted by atomic mass is 16.4. The van der Waals surface area contributed by atoms with E-state index in [1.54, 1.807) is 30.7 Å². The number of fused-ring (bicyclic) bond motifs is 1. The van der Waals surface area contributed by atoms with Crippen molar-refractivity contribution in [1.82, 2.24) is 34.4 Å². The van der Waals surface area contributed by atoms with Gasteiger partial charge in [0.25, 0.3) is 5.78 Å². The summed E-state index contributed by atoms with van der Waals surface area (Å²) in [6.07, 6.45) is 6.82. The summed E-state index contributed by atoms with van der Waals surface area (Å²) in [7, 11) is 0. The minimum atomic E-state index is -0.947. The number of carboxylic acid groups (broad SMARTS) is 1. The molecule has 0 aromatic carbocycles. The van der Waals surface area contributed by atoms with E-state index in [2.05, 4.69) is 39.7 Å². The summed E-state index contributed by atoms with van der Waals surface area (Å²) in [5.74, 6) is 1.68. The van der Waals surface area contributed by atoms with Crippen LogP contribution in [0.4, 0.5) is 17.6 Å². The number of piperidine rings is 1. The number of piperazine rings is 1. The molecule has 0 spiro atoms. The van der Waals surface area contributed by atoms with Gasteiger partial charge in [-0.25, -0.2) is 4.79 Å². The van der Waals surface area contributed by atoms with E-state index >= 15 is 0 Å². The first-order chi connectivity index (χ1) is 18.0. The summed E-state index contributed by atoms with van der Waals surface area (Å²) in [5, 5.41) is 13.9. The normalized spacial score (nSPS) is 19.0. The van der Waals surface area contributed by atoms with Crippen molar-refractivity contribution in [3.05, 3.63) is 42.4 Å². The predicted octanol–water partition coefficient (Wildman–Crippen LogP) is 1.49. The van der Waals surface area contributed by atoms with Gasteiger partial charge in [-0.1, -0.05) is 0 Å².